The number of phenols is 1. The Bertz CT molecular complexity index is 1650. The van der Waals surface area contributed by atoms with Crippen molar-refractivity contribution in [1.29, 1.82) is 0 Å². The molecule has 1 fully saturated rings. The summed E-state index contributed by atoms with van der Waals surface area (Å²) >= 11 is 0. The van der Waals surface area contributed by atoms with E-state index < -0.39 is 40.4 Å². The van der Waals surface area contributed by atoms with Gasteiger partial charge in [0.15, 0.2) is 23.1 Å². The van der Waals surface area contributed by atoms with E-state index in [4.69, 9.17) is 4.74 Å². The average Bonchev–Trinajstić information content (AvgIpc) is 3.21. The molecule has 4 unspecified atom stereocenters. The summed E-state index contributed by atoms with van der Waals surface area (Å²) in [5.41, 5.74) is 2.01. The third-order valence-electron chi connectivity index (χ3n) is 8.52. The number of carbonyl (C=O) groups is 4. The summed E-state index contributed by atoms with van der Waals surface area (Å²) in [6, 6.07) is 10.2. The van der Waals surface area contributed by atoms with E-state index in [2.05, 4.69) is 0 Å². The van der Waals surface area contributed by atoms with Gasteiger partial charge < -0.3 is 9.84 Å². The molecule has 1 saturated heterocycles. The Kier molecular flexibility index (Phi) is 6.21. The van der Waals surface area contributed by atoms with Crippen LogP contribution in [0.2, 0.25) is 0 Å². The van der Waals surface area contributed by atoms with E-state index in [1.54, 1.807) is 32.0 Å². The van der Waals surface area contributed by atoms with Gasteiger partial charge in [0, 0.05) is 40.3 Å². The lowest BCUT2D eigenvalue weighted by Gasteiger charge is -2.42. The van der Waals surface area contributed by atoms with Gasteiger partial charge in [-0.2, -0.15) is 0 Å². The second kappa shape index (κ2) is 9.65. The highest BCUT2D eigenvalue weighted by Crippen LogP contribution is 2.57. The van der Waals surface area contributed by atoms with Crippen LogP contribution in [-0.4, -0.2) is 40.0 Å². The Hall–Kier alpha value is -4.86. The van der Waals surface area contributed by atoms with Gasteiger partial charge in [-0.05, 0) is 56.9 Å². The summed E-state index contributed by atoms with van der Waals surface area (Å²) in [5.74, 6) is -4.28. The number of phenolic OH excluding ortho intramolecular Hbond substituents is 1. The van der Waals surface area contributed by atoms with Crippen LogP contribution in [-0.2, 0) is 19.2 Å². The molecule has 41 heavy (non-hydrogen) atoms. The number of nitrogens with zero attached hydrogens (tertiary/aromatic N) is 2. The highest BCUT2D eigenvalue weighted by atomic mass is 16.6. The van der Waals surface area contributed by atoms with E-state index in [-0.39, 0.29) is 58.4 Å². The van der Waals surface area contributed by atoms with Gasteiger partial charge in [0.1, 0.15) is 0 Å². The fourth-order valence-corrected chi connectivity index (χ4v) is 6.76. The molecule has 0 saturated carbocycles. The molecule has 0 aromatic heterocycles. The van der Waals surface area contributed by atoms with Gasteiger partial charge in [-0.1, -0.05) is 23.8 Å². The Morgan fingerprint density at radius 1 is 1.05 bits per heavy atom. The van der Waals surface area contributed by atoms with Gasteiger partial charge in [-0.25, -0.2) is 0 Å². The first kappa shape index (κ1) is 26.4. The highest BCUT2D eigenvalue weighted by molar-refractivity contribution is 6.25. The zero-order valence-electron chi connectivity index (χ0n) is 22.3. The minimum absolute atomic E-state index is 0.105. The van der Waals surface area contributed by atoms with Crippen molar-refractivity contribution in [3.8, 4) is 11.5 Å². The predicted molar refractivity (Wildman–Crippen MR) is 146 cm³/mol. The number of non-ortho nitro benzene ring substituents is 1. The molecule has 1 N–H and O–H groups in total. The van der Waals surface area contributed by atoms with E-state index in [1.165, 1.54) is 30.3 Å². The minimum atomic E-state index is -0.805. The van der Waals surface area contributed by atoms with Crippen LogP contribution >= 0.6 is 0 Å². The Morgan fingerprint density at radius 2 is 1.78 bits per heavy atom. The van der Waals surface area contributed by atoms with Crippen LogP contribution in [0.5, 0.6) is 11.5 Å². The maximum absolute atomic E-state index is 13.9. The Labute approximate surface area is 234 Å². The number of hydrogen-bond acceptors (Lipinski definition) is 8. The molecule has 4 aliphatic rings. The van der Waals surface area contributed by atoms with Crippen molar-refractivity contribution in [2.45, 2.75) is 32.6 Å². The van der Waals surface area contributed by atoms with Crippen LogP contribution in [0.1, 0.15) is 38.2 Å². The first-order chi connectivity index (χ1) is 19.6. The number of fused-ring (bicyclic) bond motifs is 3. The number of amides is 2. The van der Waals surface area contributed by atoms with E-state index in [1.807, 2.05) is 6.08 Å². The largest absolute Gasteiger partial charge is 0.504 e. The molecular formula is C31H26N2O8. The first-order valence-electron chi connectivity index (χ1n) is 13.4. The number of nitro groups is 1. The fourth-order valence-electron chi connectivity index (χ4n) is 6.76. The van der Waals surface area contributed by atoms with Gasteiger partial charge in [0.25, 0.3) is 5.69 Å². The molecule has 0 bridgehead atoms. The lowest BCUT2D eigenvalue weighted by Crippen LogP contribution is -2.39. The molecule has 4 atom stereocenters. The van der Waals surface area contributed by atoms with Crippen molar-refractivity contribution in [3.63, 3.8) is 0 Å². The molecule has 6 rings (SSSR count). The lowest BCUT2D eigenvalue weighted by molar-refractivity contribution is -0.384. The van der Waals surface area contributed by atoms with Crippen molar-refractivity contribution in [2.75, 3.05) is 11.5 Å². The molecule has 2 aromatic carbocycles. The zero-order chi connectivity index (χ0) is 29.2. The first-order valence-corrected chi connectivity index (χ1v) is 13.4. The summed E-state index contributed by atoms with van der Waals surface area (Å²) in [6.45, 7) is 3.66. The second-order valence-corrected chi connectivity index (χ2v) is 10.6. The number of ketones is 2. The summed E-state index contributed by atoms with van der Waals surface area (Å²) in [6.07, 6.45) is 3.51. The number of carbonyl (C=O) groups excluding carboxylic acids is 4. The van der Waals surface area contributed by atoms with Crippen LogP contribution in [0, 0.1) is 27.9 Å². The zero-order valence-corrected chi connectivity index (χ0v) is 22.3. The standard InChI is InChI=1S/C31H26N2O8/c1-3-41-24-6-4-5-19(29(24)36)25-18-11-12-20-26(21(18)14-22-27(25)23(34)13-15(2)28(22)35)31(38)32(30(20)37)16-7-9-17(10-8-16)33(39)40/h4-11,13,20-21,25-26,36H,3,12,14H2,1-2H3. The Morgan fingerprint density at radius 3 is 2.46 bits per heavy atom. The molecule has 10 nitrogen and oxygen atoms in total. The average molecular weight is 555 g/mol. The van der Waals surface area contributed by atoms with Crippen LogP contribution in [0.4, 0.5) is 11.4 Å². The number of imide groups is 1. The number of allylic oxidation sites excluding steroid dienone is 6. The SMILES string of the molecule is CCOc1cccc(C2C3=CCC4C(=O)N(c5ccc([N+](=O)[O-])cc5)C(=O)C4C3CC3=C2C(=O)C=C(C)C3=O)c1O. The number of aromatic hydroxyl groups is 1. The van der Waals surface area contributed by atoms with Crippen molar-refractivity contribution >= 4 is 34.8 Å². The number of anilines is 1. The second-order valence-electron chi connectivity index (χ2n) is 10.6. The normalized spacial score (nSPS) is 25.4. The summed E-state index contributed by atoms with van der Waals surface area (Å²) in [5, 5.41) is 22.3. The third kappa shape index (κ3) is 3.93. The number of hydrogen-bond donors (Lipinski definition) is 1. The quantitative estimate of drug-likeness (QED) is 0.189. The van der Waals surface area contributed by atoms with Gasteiger partial charge >= 0.3 is 0 Å². The van der Waals surface area contributed by atoms with E-state index >= 15 is 0 Å². The summed E-state index contributed by atoms with van der Waals surface area (Å²) in [7, 11) is 0. The summed E-state index contributed by atoms with van der Waals surface area (Å²) in [4.78, 5) is 66.0. The minimum Gasteiger partial charge on any atom is -0.504 e. The van der Waals surface area contributed by atoms with Crippen LogP contribution < -0.4 is 9.64 Å². The predicted octanol–water partition coefficient (Wildman–Crippen LogP) is 4.33. The molecule has 0 radical (unpaired) electrons. The molecule has 2 amide bonds. The molecule has 2 aromatic rings. The molecule has 1 heterocycles. The molecule has 3 aliphatic carbocycles. The summed E-state index contributed by atoms with van der Waals surface area (Å²) < 4.78 is 5.60. The van der Waals surface area contributed by atoms with Crippen molar-refractivity contribution in [1.82, 2.24) is 0 Å². The smallest absolute Gasteiger partial charge is 0.269 e. The monoisotopic (exact) mass is 554 g/mol. The van der Waals surface area contributed by atoms with Crippen molar-refractivity contribution in [2.24, 2.45) is 17.8 Å². The molecule has 1 aliphatic heterocycles. The maximum atomic E-state index is 13.9. The van der Waals surface area contributed by atoms with Gasteiger partial charge in [0.05, 0.1) is 29.1 Å². The number of rotatable bonds is 5. The van der Waals surface area contributed by atoms with Crippen molar-refractivity contribution < 1.29 is 33.9 Å². The van der Waals surface area contributed by atoms with E-state index in [0.29, 0.717) is 23.3 Å². The van der Waals surface area contributed by atoms with Gasteiger partial charge in [0.2, 0.25) is 11.8 Å². The van der Waals surface area contributed by atoms with Gasteiger partial charge in [-0.15, -0.1) is 0 Å². The molecular weight excluding hydrogens is 528 g/mol. The van der Waals surface area contributed by atoms with Crippen LogP contribution in [0.3, 0.4) is 0 Å². The maximum Gasteiger partial charge on any atom is 0.269 e. The Balaban J connectivity index is 1.47. The fraction of sp³-hybridized carbons (Fsp3) is 0.290. The van der Waals surface area contributed by atoms with Crippen LogP contribution in [0.25, 0.3) is 0 Å². The molecule has 10 heteroatoms. The number of benzene rings is 2. The molecule has 0 spiro atoms. The number of ether oxygens (including phenoxy) is 1. The van der Waals surface area contributed by atoms with Crippen molar-refractivity contribution in [3.05, 3.63) is 92.6 Å². The van der Waals surface area contributed by atoms with Crippen LogP contribution in [0.15, 0.2) is 76.9 Å². The third-order valence-corrected chi connectivity index (χ3v) is 8.52. The van der Waals surface area contributed by atoms with E-state index in [9.17, 15) is 34.4 Å². The topological polar surface area (TPSA) is 144 Å². The lowest BCUT2D eigenvalue weighted by atomic mass is 9.59. The molecule has 208 valence electrons. The highest BCUT2D eigenvalue weighted by Gasteiger charge is 2.56. The number of Topliss-reactive ketones (excluding diaryl/α,β-unsaturated/α-hetero) is 1. The number of para-hydroxylation sites is 1. The van der Waals surface area contributed by atoms with E-state index in [0.717, 1.165) is 4.90 Å². The number of nitro benzene ring substituents is 1. The van der Waals surface area contributed by atoms with Gasteiger partial charge in [-0.3, -0.25) is 34.2 Å².